The van der Waals surface area contributed by atoms with Crippen LogP contribution in [-0.2, 0) is 16.1 Å². The smallest absolute Gasteiger partial charge is 0.255 e. The Bertz CT molecular complexity index is 885. The third-order valence-electron chi connectivity index (χ3n) is 5.21. The molecule has 0 saturated carbocycles. The van der Waals surface area contributed by atoms with Crippen molar-refractivity contribution in [2.75, 3.05) is 23.7 Å². The topological polar surface area (TPSA) is 70.7 Å². The number of ether oxygens (including phenoxy) is 1. The number of amides is 2. The molecule has 1 saturated heterocycles. The molecule has 0 radical (unpaired) electrons. The molecule has 2 aromatic rings. The van der Waals surface area contributed by atoms with Gasteiger partial charge in [0, 0.05) is 43.0 Å². The Hall–Kier alpha value is -2.70. The maximum absolute atomic E-state index is 12.7. The van der Waals surface area contributed by atoms with Gasteiger partial charge in [-0.2, -0.15) is 0 Å². The monoisotopic (exact) mass is 409 g/mol. The summed E-state index contributed by atoms with van der Waals surface area (Å²) in [7, 11) is 0. The summed E-state index contributed by atoms with van der Waals surface area (Å²) in [5.41, 5.74) is 4.07. The Morgan fingerprint density at radius 2 is 1.70 bits per heavy atom. The summed E-state index contributed by atoms with van der Waals surface area (Å²) in [5.74, 6) is -0.229. The van der Waals surface area contributed by atoms with E-state index in [4.69, 9.17) is 4.74 Å². The molecule has 0 aliphatic carbocycles. The first-order valence-corrected chi connectivity index (χ1v) is 10.5. The second-order valence-electron chi connectivity index (χ2n) is 8.03. The van der Waals surface area contributed by atoms with E-state index in [9.17, 15) is 9.59 Å². The molecule has 2 unspecified atom stereocenters. The van der Waals surface area contributed by atoms with E-state index in [1.54, 1.807) is 13.0 Å². The SMILES string of the molecule is CCC(=O)Nc1ccc(C)c(NC(=O)c2ccc(CN3CC(C)OC(C)C3)cc2)c1. The summed E-state index contributed by atoms with van der Waals surface area (Å²) in [6, 6.07) is 13.2. The quantitative estimate of drug-likeness (QED) is 0.750. The van der Waals surface area contributed by atoms with Crippen LogP contribution in [0.4, 0.5) is 11.4 Å². The lowest BCUT2D eigenvalue weighted by Crippen LogP contribution is -2.44. The van der Waals surface area contributed by atoms with Gasteiger partial charge in [0.2, 0.25) is 5.91 Å². The third-order valence-corrected chi connectivity index (χ3v) is 5.21. The molecule has 1 aliphatic rings. The van der Waals surface area contributed by atoms with Crippen LogP contribution in [0.15, 0.2) is 42.5 Å². The molecule has 2 aromatic carbocycles. The molecule has 1 aliphatic heterocycles. The fourth-order valence-electron chi connectivity index (χ4n) is 3.71. The molecule has 6 heteroatoms. The number of anilines is 2. The van der Waals surface area contributed by atoms with Gasteiger partial charge in [0.15, 0.2) is 0 Å². The van der Waals surface area contributed by atoms with Gasteiger partial charge >= 0.3 is 0 Å². The Kier molecular flexibility index (Phi) is 7.24. The molecule has 2 amide bonds. The zero-order valence-electron chi connectivity index (χ0n) is 18.2. The van der Waals surface area contributed by atoms with Gasteiger partial charge in [-0.25, -0.2) is 0 Å². The van der Waals surface area contributed by atoms with Crippen molar-refractivity contribution >= 4 is 23.2 Å². The van der Waals surface area contributed by atoms with E-state index in [0.717, 1.165) is 25.2 Å². The zero-order valence-corrected chi connectivity index (χ0v) is 18.2. The maximum Gasteiger partial charge on any atom is 0.255 e. The highest BCUT2D eigenvalue weighted by atomic mass is 16.5. The number of hydrogen-bond donors (Lipinski definition) is 2. The first kappa shape index (κ1) is 22.0. The number of rotatable bonds is 6. The van der Waals surface area contributed by atoms with Crippen LogP contribution in [0.25, 0.3) is 0 Å². The van der Waals surface area contributed by atoms with Crippen LogP contribution < -0.4 is 10.6 Å². The Morgan fingerprint density at radius 3 is 2.33 bits per heavy atom. The standard InChI is InChI=1S/C24H31N3O3/c1-5-23(28)25-21-11-6-16(2)22(12-21)26-24(29)20-9-7-19(8-10-20)15-27-13-17(3)30-18(4)14-27/h6-12,17-18H,5,13-15H2,1-4H3,(H,25,28)(H,26,29). The van der Waals surface area contributed by atoms with Crippen LogP contribution >= 0.6 is 0 Å². The van der Waals surface area contributed by atoms with E-state index in [1.807, 2.05) is 43.3 Å². The molecule has 2 N–H and O–H groups in total. The van der Waals surface area contributed by atoms with Gasteiger partial charge in [0.05, 0.1) is 12.2 Å². The van der Waals surface area contributed by atoms with Gasteiger partial charge in [-0.15, -0.1) is 0 Å². The number of aryl methyl sites for hydroxylation is 1. The second kappa shape index (κ2) is 9.87. The van der Waals surface area contributed by atoms with Gasteiger partial charge in [-0.3, -0.25) is 14.5 Å². The van der Waals surface area contributed by atoms with E-state index in [-0.39, 0.29) is 24.0 Å². The molecule has 30 heavy (non-hydrogen) atoms. The number of nitrogens with one attached hydrogen (secondary N) is 2. The van der Waals surface area contributed by atoms with Crippen LogP contribution in [0, 0.1) is 6.92 Å². The average molecular weight is 410 g/mol. The summed E-state index contributed by atoms with van der Waals surface area (Å²) in [6.45, 7) is 10.6. The van der Waals surface area contributed by atoms with Crippen molar-refractivity contribution in [3.8, 4) is 0 Å². The van der Waals surface area contributed by atoms with Crippen molar-refractivity contribution in [3.05, 3.63) is 59.2 Å². The highest BCUT2D eigenvalue weighted by molar-refractivity contribution is 6.05. The summed E-state index contributed by atoms with van der Waals surface area (Å²) in [6.07, 6.45) is 0.879. The van der Waals surface area contributed by atoms with Crippen LogP contribution in [0.1, 0.15) is 48.7 Å². The predicted molar refractivity (Wildman–Crippen MR) is 120 cm³/mol. The van der Waals surface area contributed by atoms with E-state index in [1.165, 1.54) is 5.56 Å². The number of benzene rings is 2. The minimum Gasteiger partial charge on any atom is -0.373 e. The molecular weight excluding hydrogens is 378 g/mol. The van der Waals surface area contributed by atoms with E-state index < -0.39 is 0 Å². The van der Waals surface area contributed by atoms with Crippen molar-refractivity contribution in [3.63, 3.8) is 0 Å². The molecule has 3 rings (SSSR count). The van der Waals surface area contributed by atoms with Crippen LogP contribution in [0.2, 0.25) is 0 Å². The molecule has 1 heterocycles. The predicted octanol–water partition coefficient (Wildman–Crippen LogP) is 4.21. The Labute approximate surface area is 178 Å². The number of hydrogen-bond acceptors (Lipinski definition) is 4. The minimum absolute atomic E-state index is 0.0595. The van der Waals surface area contributed by atoms with Gasteiger partial charge in [0.1, 0.15) is 0 Å². The van der Waals surface area contributed by atoms with Crippen molar-refractivity contribution in [1.29, 1.82) is 0 Å². The highest BCUT2D eigenvalue weighted by Crippen LogP contribution is 2.22. The van der Waals surface area contributed by atoms with Crippen molar-refractivity contribution in [2.45, 2.75) is 52.9 Å². The summed E-state index contributed by atoms with van der Waals surface area (Å²) in [5, 5.41) is 5.77. The molecule has 1 fully saturated rings. The Morgan fingerprint density at radius 1 is 1.03 bits per heavy atom. The van der Waals surface area contributed by atoms with Crippen LogP contribution in [0.3, 0.4) is 0 Å². The van der Waals surface area contributed by atoms with Gasteiger partial charge < -0.3 is 15.4 Å². The molecule has 0 bridgehead atoms. The first-order valence-electron chi connectivity index (χ1n) is 10.5. The Balaban J connectivity index is 1.63. The van der Waals surface area contributed by atoms with Crippen LogP contribution in [0.5, 0.6) is 0 Å². The van der Waals surface area contributed by atoms with Gasteiger partial charge in [-0.05, 0) is 56.2 Å². The number of nitrogens with zero attached hydrogens (tertiary/aromatic N) is 1. The van der Waals surface area contributed by atoms with Gasteiger partial charge in [-0.1, -0.05) is 25.1 Å². The zero-order chi connectivity index (χ0) is 21.7. The lowest BCUT2D eigenvalue weighted by molar-refractivity contribution is -0.115. The number of morpholine rings is 1. The third kappa shape index (κ3) is 5.90. The van der Waals surface area contributed by atoms with Crippen molar-refractivity contribution < 1.29 is 14.3 Å². The summed E-state index contributed by atoms with van der Waals surface area (Å²) in [4.78, 5) is 26.7. The lowest BCUT2D eigenvalue weighted by atomic mass is 10.1. The number of carbonyl (C=O) groups is 2. The molecular formula is C24H31N3O3. The minimum atomic E-state index is -0.169. The van der Waals surface area contributed by atoms with Crippen molar-refractivity contribution in [1.82, 2.24) is 4.90 Å². The molecule has 2 atom stereocenters. The van der Waals surface area contributed by atoms with E-state index in [2.05, 4.69) is 29.4 Å². The van der Waals surface area contributed by atoms with Crippen LogP contribution in [-0.4, -0.2) is 42.0 Å². The van der Waals surface area contributed by atoms with E-state index >= 15 is 0 Å². The first-order chi connectivity index (χ1) is 14.3. The lowest BCUT2D eigenvalue weighted by Gasteiger charge is -2.35. The second-order valence-corrected chi connectivity index (χ2v) is 8.03. The summed E-state index contributed by atoms with van der Waals surface area (Å²) >= 11 is 0. The average Bonchev–Trinajstić information content (AvgIpc) is 2.70. The van der Waals surface area contributed by atoms with Gasteiger partial charge in [0.25, 0.3) is 5.91 Å². The molecule has 0 spiro atoms. The summed E-state index contributed by atoms with van der Waals surface area (Å²) < 4.78 is 5.79. The molecule has 0 aromatic heterocycles. The number of carbonyl (C=O) groups excluding carboxylic acids is 2. The largest absolute Gasteiger partial charge is 0.373 e. The maximum atomic E-state index is 12.7. The normalized spacial score (nSPS) is 19.3. The molecule has 6 nitrogen and oxygen atoms in total. The highest BCUT2D eigenvalue weighted by Gasteiger charge is 2.22. The molecule has 160 valence electrons. The van der Waals surface area contributed by atoms with E-state index in [0.29, 0.717) is 23.4 Å². The fraction of sp³-hybridized carbons (Fsp3) is 0.417. The van der Waals surface area contributed by atoms with Crippen molar-refractivity contribution in [2.24, 2.45) is 0 Å². The fourth-order valence-corrected chi connectivity index (χ4v) is 3.71.